The number of thioether (sulfide) groups is 1. The van der Waals surface area contributed by atoms with Crippen molar-refractivity contribution in [3.05, 3.63) is 28.7 Å². The van der Waals surface area contributed by atoms with E-state index in [1.54, 1.807) is 43.4 Å². The van der Waals surface area contributed by atoms with Crippen molar-refractivity contribution in [2.45, 2.75) is 6.92 Å². The third-order valence-corrected chi connectivity index (χ3v) is 4.04. The predicted molar refractivity (Wildman–Crippen MR) is 88.0 cm³/mol. The van der Waals surface area contributed by atoms with Crippen LogP contribution < -0.4 is 4.74 Å². The summed E-state index contributed by atoms with van der Waals surface area (Å²) in [5.74, 6) is 0.324. The van der Waals surface area contributed by atoms with Gasteiger partial charge in [-0.2, -0.15) is 0 Å². The smallest absolute Gasteiger partial charge is 0.280 e. The zero-order valence-electron chi connectivity index (χ0n) is 12.0. The minimum absolute atomic E-state index is 0.0786. The number of phenolic OH excluding ortho intramolecular Hbond substituents is 1. The summed E-state index contributed by atoms with van der Waals surface area (Å²) in [4.78, 5) is 12.8. The van der Waals surface area contributed by atoms with Crippen LogP contribution in [-0.2, 0) is 4.79 Å². The van der Waals surface area contributed by atoms with Crippen LogP contribution in [0.4, 0.5) is 0 Å². The van der Waals surface area contributed by atoms with Crippen LogP contribution in [0.15, 0.2) is 23.1 Å². The molecule has 0 atom stereocenters. The van der Waals surface area contributed by atoms with Crippen molar-refractivity contribution in [1.82, 2.24) is 10.0 Å². The topological polar surface area (TPSA) is 53.0 Å². The number of hydrogen-bond donors (Lipinski definition) is 1. The van der Waals surface area contributed by atoms with Gasteiger partial charge in [-0.05, 0) is 30.7 Å². The van der Waals surface area contributed by atoms with E-state index < -0.39 is 0 Å². The Bertz CT molecular complexity index is 614. The Morgan fingerprint density at radius 2 is 2.19 bits per heavy atom. The van der Waals surface area contributed by atoms with Crippen LogP contribution in [-0.4, -0.2) is 46.1 Å². The molecule has 0 unspecified atom stereocenters. The lowest BCUT2D eigenvalue weighted by Crippen LogP contribution is -2.39. The van der Waals surface area contributed by atoms with Crippen molar-refractivity contribution in [2.75, 3.05) is 20.7 Å². The highest BCUT2D eigenvalue weighted by molar-refractivity contribution is 8.26. The Balaban J connectivity index is 2.30. The quantitative estimate of drug-likeness (QED) is 0.678. The maximum Gasteiger partial charge on any atom is 0.280 e. The Kier molecular flexibility index (Phi) is 4.87. The fourth-order valence-corrected chi connectivity index (χ4v) is 3.25. The molecule has 1 fully saturated rings. The second-order valence-electron chi connectivity index (χ2n) is 4.50. The van der Waals surface area contributed by atoms with Gasteiger partial charge in [0.05, 0.1) is 11.5 Å². The number of hydrazine groups is 1. The fraction of sp³-hybridized carbons (Fsp3) is 0.286. The molecule has 0 bridgehead atoms. The van der Waals surface area contributed by atoms with E-state index in [-0.39, 0.29) is 11.7 Å². The maximum absolute atomic E-state index is 12.3. The number of ether oxygens (including phenoxy) is 1. The van der Waals surface area contributed by atoms with Crippen molar-refractivity contribution in [2.24, 2.45) is 0 Å². The zero-order valence-corrected chi connectivity index (χ0v) is 13.6. The summed E-state index contributed by atoms with van der Waals surface area (Å²) in [5, 5.41) is 12.8. The van der Waals surface area contributed by atoms with Gasteiger partial charge < -0.3 is 9.84 Å². The predicted octanol–water partition coefficient (Wildman–Crippen LogP) is 2.47. The van der Waals surface area contributed by atoms with E-state index in [2.05, 4.69) is 0 Å². The summed E-state index contributed by atoms with van der Waals surface area (Å²) < 4.78 is 5.83. The van der Waals surface area contributed by atoms with Crippen molar-refractivity contribution in [3.63, 3.8) is 0 Å². The average molecular weight is 324 g/mol. The molecule has 21 heavy (non-hydrogen) atoms. The van der Waals surface area contributed by atoms with Gasteiger partial charge in [-0.15, -0.1) is 0 Å². The first-order valence-electron chi connectivity index (χ1n) is 6.35. The summed E-state index contributed by atoms with van der Waals surface area (Å²) in [6.07, 6.45) is 1.74. The van der Waals surface area contributed by atoms with Crippen LogP contribution in [0.25, 0.3) is 6.08 Å². The molecule has 2 rings (SSSR count). The number of hydrogen-bond acceptors (Lipinski definition) is 6. The van der Waals surface area contributed by atoms with Crippen LogP contribution in [0.3, 0.4) is 0 Å². The molecule has 1 aliphatic heterocycles. The number of benzene rings is 1. The van der Waals surface area contributed by atoms with Gasteiger partial charge in [0.15, 0.2) is 15.8 Å². The molecular formula is C14H16N2O3S2. The van der Waals surface area contributed by atoms with Crippen LogP contribution in [0.5, 0.6) is 11.5 Å². The molecule has 0 aromatic heterocycles. The molecule has 1 N–H and O–H groups in total. The number of nitrogens with zero attached hydrogens (tertiary/aromatic N) is 2. The van der Waals surface area contributed by atoms with Crippen LogP contribution in [0.2, 0.25) is 0 Å². The minimum atomic E-state index is -0.152. The summed E-state index contributed by atoms with van der Waals surface area (Å²) in [6, 6.07) is 4.96. The number of rotatable bonds is 4. The van der Waals surface area contributed by atoms with Crippen molar-refractivity contribution >= 4 is 40.3 Å². The average Bonchev–Trinajstić information content (AvgIpc) is 2.68. The molecule has 112 valence electrons. The molecule has 1 amide bonds. The highest BCUT2D eigenvalue weighted by Crippen LogP contribution is 2.34. The van der Waals surface area contributed by atoms with Gasteiger partial charge in [-0.3, -0.25) is 4.79 Å². The summed E-state index contributed by atoms with van der Waals surface area (Å²) >= 11 is 6.45. The lowest BCUT2D eigenvalue weighted by molar-refractivity contribution is -0.130. The number of carbonyl (C=O) groups is 1. The molecule has 1 aliphatic rings. The summed E-state index contributed by atoms with van der Waals surface area (Å²) in [5.41, 5.74) is 0.774. The van der Waals surface area contributed by atoms with Crippen LogP contribution >= 0.6 is 24.0 Å². The molecule has 1 heterocycles. The lowest BCUT2D eigenvalue weighted by atomic mass is 10.2. The molecule has 0 saturated carbocycles. The van der Waals surface area contributed by atoms with Gasteiger partial charge in [0.1, 0.15) is 0 Å². The van der Waals surface area contributed by atoms with Crippen molar-refractivity contribution in [1.29, 1.82) is 0 Å². The fourth-order valence-electron chi connectivity index (χ4n) is 1.85. The standard InChI is InChI=1S/C14H16N2O3S2/c1-4-19-11-7-9(5-6-10(11)17)8-12-13(18)16(15(2)3)14(20)21-12/h5-8,17H,4H2,1-3H3. The van der Waals surface area contributed by atoms with Crippen LogP contribution in [0, 0.1) is 0 Å². The van der Waals surface area contributed by atoms with E-state index in [1.807, 2.05) is 6.92 Å². The Morgan fingerprint density at radius 1 is 1.48 bits per heavy atom. The molecule has 0 aliphatic carbocycles. The first kappa shape index (κ1) is 15.8. The number of thiocarbonyl (C=S) groups is 1. The van der Waals surface area contributed by atoms with E-state index in [0.29, 0.717) is 21.6 Å². The summed E-state index contributed by atoms with van der Waals surface area (Å²) in [6.45, 7) is 2.30. The van der Waals surface area contributed by atoms with E-state index in [0.717, 1.165) is 5.56 Å². The van der Waals surface area contributed by atoms with Gasteiger partial charge >= 0.3 is 0 Å². The molecule has 0 radical (unpaired) electrons. The lowest BCUT2D eigenvalue weighted by Gasteiger charge is -2.21. The number of phenols is 1. The van der Waals surface area contributed by atoms with Gasteiger partial charge in [0.2, 0.25) is 0 Å². The minimum Gasteiger partial charge on any atom is -0.504 e. The van der Waals surface area contributed by atoms with Gasteiger partial charge in [0, 0.05) is 14.1 Å². The van der Waals surface area contributed by atoms with E-state index in [9.17, 15) is 9.90 Å². The highest BCUT2D eigenvalue weighted by Gasteiger charge is 2.33. The van der Waals surface area contributed by atoms with Crippen molar-refractivity contribution < 1.29 is 14.6 Å². The summed E-state index contributed by atoms with van der Waals surface area (Å²) in [7, 11) is 3.53. The van der Waals surface area contributed by atoms with Gasteiger partial charge in [-0.25, -0.2) is 10.0 Å². The van der Waals surface area contributed by atoms with Gasteiger partial charge in [-0.1, -0.05) is 30.0 Å². The molecule has 5 nitrogen and oxygen atoms in total. The third kappa shape index (κ3) is 3.37. The molecule has 1 saturated heterocycles. The maximum atomic E-state index is 12.3. The monoisotopic (exact) mass is 324 g/mol. The highest BCUT2D eigenvalue weighted by atomic mass is 32.2. The second-order valence-corrected chi connectivity index (χ2v) is 6.18. The molecule has 7 heteroatoms. The number of amides is 1. The molecule has 1 aromatic carbocycles. The van der Waals surface area contributed by atoms with Gasteiger partial charge in [0.25, 0.3) is 5.91 Å². The first-order chi connectivity index (χ1) is 9.93. The molecule has 1 aromatic rings. The zero-order chi connectivity index (χ0) is 15.6. The second kappa shape index (κ2) is 6.46. The normalized spacial score (nSPS) is 17.1. The molecule has 0 spiro atoms. The third-order valence-electron chi connectivity index (χ3n) is 2.75. The Labute approximate surface area is 133 Å². The molecular weight excluding hydrogens is 308 g/mol. The van der Waals surface area contributed by atoms with Crippen LogP contribution in [0.1, 0.15) is 12.5 Å². The van der Waals surface area contributed by atoms with E-state index in [1.165, 1.54) is 16.8 Å². The Hall–Kier alpha value is -1.57. The largest absolute Gasteiger partial charge is 0.504 e. The number of aromatic hydroxyl groups is 1. The number of carbonyl (C=O) groups excluding carboxylic acids is 1. The van der Waals surface area contributed by atoms with Crippen molar-refractivity contribution in [3.8, 4) is 11.5 Å². The van der Waals surface area contributed by atoms with E-state index in [4.69, 9.17) is 17.0 Å². The first-order valence-corrected chi connectivity index (χ1v) is 7.57. The SMILES string of the molecule is CCOc1cc(C=C2SC(=S)N(N(C)C)C2=O)ccc1O. The Morgan fingerprint density at radius 3 is 2.76 bits per heavy atom. The van der Waals surface area contributed by atoms with E-state index >= 15 is 0 Å².